The van der Waals surface area contributed by atoms with Crippen molar-refractivity contribution in [2.45, 2.75) is 43.7 Å². The fourth-order valence-electron chi connectivity index (χ4n) is 5.53. The molecule has 2 atom stereocenters. The minimum absolute atomic E-state index is 0.00167. The van der Waals surface area contributed by atoms with Crippen LogP contribution < -0.4 is 15.2 Å². The summed E-state index contributed by atoms with van der Waals surface area (Å²) in [5.41, 5.74) is 5.80. The molecule has 3 aromatic rings. The maximum atomic E-state index is 15.3. The van der Waals surface area contributed by atoms with Crippen LogP contribution in [-0.4, -0.2) is 106 Å². The summed E-state index contributed by atoms with van der Waals surface area (Å²) in [6, 6.07) is 0.266. The van der Waals surface area contributed by atoms with E-state index < -0.39 is 95.3 Å². The van der Waals surface area contributed by atoms with Crippen molar-refractivity contribution in [1.29, 1.82) is 0 Å². The zero-order valence-electron chi connectivity index (χ0n) is 24.5. The summed E-state index contributed by atoms with van der Waals surface area (Å²) in [5.74, 6) is -10.3. The van der Waals surface area contributed by atoms with Crippen molar-refractivity contribution < 1.29 is 53.9 Å². The highest BCUT2D eigenvalue weighted by Crippen LogP contribution is 2.44. The predicted octanol–water partition coefficient (Wildman–Crippen LogP) is 1.56. The maximum Gasteiger partial charge on any atom is 0.471 e. The Morgan fingerprint density at radius 3 is 2.45 bits per heavy atom. The van der Waals surface area contributed by atoms with Gasteiger partial charge in [0.15, 0.2) is 5.82 Å². The molecule has 0 radical (unpaired) electrons. The van der Waals surface area contributed by atoms with Gasteiger partial charge in [0.2, 0.25) is 27.7 Å². The first kappa shape index (κ1) is 33.8. The number of pyridine rings is 1. The first-order valence-electron chi connectivity index (χ1n) is 13.7. The van der Waals surface area contributed by atoms with Crippen LogP contribution in [0, 0.1) is 5.92 Å². The molecule has 1 aliphatic heterocycles. The number of aromatic nitrogens is 4. The second-order valence-corrected chi connectivity index (χ2v) is 12.9. The molecular weight excluding hydrogens is 666 g/mol. The van der Waals surface area contributed by atoms with Gasteiger partial charge in [0.05, 0.1) is 31.6 Å². The summed E-state index contributed by atoms with van der Waals surface area (Å²) in [6.07, 6.45) is -6.54. The summed E-state index contributed by atoms with van der Waals surface area (Å²) in [5, 5.41) is 4.09. The fourth-order valence-corrected chi connectivity index (χ4v) is 5.94. The number of anilines is 1. The molecule has 3 N–H and O–H groups in total. The van der Waals surface area contributed by atoms with Gasteiger partial charge in [0.1, 0.15) is 23.6 Å². The van der Waals surface area contributed by atoms with Crippen molar-refractivity contribution in [3.63, 3.8) is 0 Å². The van der Waals surface area contributed by atoms with E-state index in [9.17, 15) is 44.8 Å². The van der Waals surface area contributed by atoms with Crippen molar-refractivity contribution in [2.75, 3.05) is 32.2 Å². The van der Waals surface area contributed by atoms with Crippen LogP contribution in [0.4, 0.5) is 32.2 Å². The van der Waals surface area contributed by atoms with Gasteiger partial charge in [0.25, 0.3) is 5.91 Å². The largest absolute Gasteiger partial charge is 0.480 e. The van der Waals surface area contributed by atoms with Gasteiger partial charge in [-0.25, -0.2) is 40.8 Å². The standard InChI is InChI=1S/C26H26F6N8O6S/c1-46-21-15(3-12(7-34-21)17-4-13(8-37-47(2,44)45)19-20(33)35-11-36-40(17)19)23(42)39(24(43)26(30,31)32)18-10-38(9-16(18)27)22(41)14-5-25(28,29)6-14/h3-4,7,11,14,16,18,37H,5-6,8-10H2,1-2H3,(H2,33,35,36)/t16-,18+/m0/s1. The van der Waals surface area contributed by atoms with Crippen molar-refractivity contribution in [3.05, 3.63) is 35.8 Å². The van der Waals surface area contributed by atoms with E-state index in [-0.39, 0.29) is 39.6 Å². The number of hydrogen-bond donors (Lipinski definition) is 2. The third-order valence-corrected chi connectivity index (χ3v) is 8.41. The van der Waals surface area contributed by atoms with E-state index in [4.69, 9.17) is 10.5 Å². The maximum absolute atomic E-state index is 15.3. The molecule has 0 unspecified atom stereocenters. The number of ether oxygens (including phenoxy) is 1. The summed E-state index contributed by atoms with van der Waals surface area (Å²) in [6.45, 7) is -1.99. The summed E-state index contributed by atoms with van der Waals surface area (Å²) < 4.78 is 116. The SMILES string of the molecule is COc1ncc(-c2cc(CNS(C)(=O)=O)c3c(N)ncnn23)cc1C(=O)N(C(=O)C(F)(F)F)[C@@H]1CN(C(=O)C2CC(F)(F)C2)C[C@@H]1F. The number of alkyl halides is 6. The van der Waals surface area contributed by atoms with Crippen LogP contribution in [0.25, 0.3) is 16.8 Å². The van der Waals surface area contributed by atoms with Crippen molar-refractivity contribution in [2.24, 2.45) is 5.92 Å². The Bertz CT molecular complexity index is 1860. The average molecular weight is 693 g/mol. The molecule has 1 saturated carbocycles. The average Bonchev–Trinajstić information content (AvgIpc) is 3.54. The minimum Gasteiger partial charge on any atom is -0.480 e. The highest BCUT2D eigenvalue weighted by molar-refractivity contribution is 7.88. The van der Waals surface area contributed by atoms with Crippen LogP contribution in [0.5, 0.6) is 5.88 Å². The number of nitrogens with zero attached hydrogens (tertiary/aromatic N) is 6. The lowest BCUT2D eigenvalue weighted by Gasteiger charge is -2.36. The lowest BCUT2D eigenvalue weighted by Crippen LogP contribution is -2.54. The molecule has 3 amide bonds. The Morgan fingerprint density at radius 1 is 1.17 bits per heavy atom. The van der Waals surface area contributed by atoms with Crippen LogP contribution >= 0.6 is 0 Å². The fraction of sp³-hybridized carbons (Fsp3) is 0.462. The van der Waals surface area contributed by atoms with Crippen molar-refractivity contribution in [3.8, 4) is 17.1 Å². The smallest absolute Gasteiger partial charge is 0.471 e. The molecule has 2 fully saturated rings. The highest BCUT2D eigenvalue weighted by Gasteiger charge is 2.55. The van der Waals surface area contributed by atoms with E-state index in [1.165, 1.54) is 10.6 Å². The Labute approximate surface area is 261 Å². The normalized spacial score (nSPS) is 19.9. The number of hydrogen-bond acceptors (Lipinski definition) is 10. The van der Waals surface area contributed by atoms with Crippen LogP contribution in [0.2, 0.25) is 0 Å². The van der Waals surface area contributed by atoms with E-state index in [0.29, 0.717) is 4.90 Å². The molecule has 3 aromatic heterocycles. The number of carbonyl (C=O) groups is 3. The van der Waals surface area contributed by atoms with Gasteiger partial charge in [-0.3, -0.25) is 19.3 Å². The predicted molar refractivity (Wildman–Crippen MR) is 149 cm³/mol. The Morgan fingerprint density at radius 2 is 1.85 bits per heavy atom. The molecule has 1 aliphatic carbocycles. The van der Waals surface area contributed by atoms with Crippen LogP contribution in [0.1, 0.15) is 28.8 Å². The number of nitrogens with one attached hydrogen (secondary N) is 1. The van der Waals surface area contributed by atoms with Gasteiger partial charge in [0, 0.05) is 43.6 Å². The molecule has 14 nitrogen and oxygen atoms in total. The number of imide groups is 1. The monoisotopic (exact) mass is 692 g/mol. The number of fused-ring (bicyclic) bond motifs is 1. The quantitative estimate of drug-likeness (QED) is 0.329. The molecule has 2 aliphatic rings. The van der Waals surface area contributed by atoms with Crippen LogP contribution in [-0.2, 0) is 26.2 Å². The molecule has 0 aromatic carbocycles. The number of nitrogens with two attached hydrogens (primary N) is 1. The first-order chi connectivity index (χ1) is 21.8. The van der Waals surface area contributed by atoms with Crippen molar-refractivity contribution >= 4 is 39.1 Å². The molecule has 5 rings (SSSR count). The second-order valence-electron chi connectivity index (χ2n) is 11.1. The third kappa shape index (κ3) is 6.66. The van der Waals surface area contributed by atoms with Gasteiger partial charge in [-0.15, -0.1) is 0 Å². The third-order valence-electron chi connectivity index (χ3n) is 7.74. The number of carbonyl (C=O) groups excluding carboxylic acids is 3. The summed E-state index contributed by atoms with van der Waals surface area (Å²) in [7, 11) is -2.64. The second kappa shape index (κ2) is 11.9. The van der Waals surface area contributed by atoms with Gasteiger partial charge in [-0.05, 0) is 17.7 Å². The zero-order chi connectivity index (χ0) is 34.6. The van der Waals surface area contributed by atoms with Gasteiger partial charge < -0.3 is 15.4 Å². The zero-order valence-corrected chi connectivity index (χ0v) is 25.3. The molecule has 1 saturated heterocycles. The summed E-state index contributed by atoms with van der Waals surface area (Å²) >= 11 is 0. The lowest BCUT2D eigenvalue weighted by molar-refractivity contribution is -0.184. The molecule has 254 valence electrons. The van der Waals surface area contributed by atoms with Crippen molar-refractivity contribution in [1.82, 2.24) is 34.1 Å². The molecule has 0 spiro atoms. The first-order valence-corrected chi connectivity index (χ1v) is 15.6. The number of nitrogen functional groups attached to an aromatic ring is 1. The summed E-state index contributed by atoms with van der Waals surface area (Å²) in [4.78, 5) is 47.4. The molecule has 47 heavy (non-hydrogen) atoms. The van der Waals surface area contributed by atoms with Crippen LogP contribution in [0.3, 0.4) is 0 Å². The van der Waals surface area contributed by atoms with E-state index in [1.807, 2.05) is 0 Å². The Balaban J connectivity index is 1.55. The number of rotatable bonds is 8. The number of halogens is 6. The Kier molecular flexibility index (Phi) is 8.58. The molecule has 0 bridgehead atoms. The highest BCUT2D eigenvalue weighted by atomic mass is 32.2. The minimum atomic E-state index is -5.67. The molecular formula is C26H26F6N8O6S. The molecule has 21 heteroatoms. The van der Waals surface area contributed by atoms with Crippen LogP contribution in [0.15, 0.2) is 24.7 Å². The number of methoxy groups -OCH3 is 1. The lowest BCUT2D eigenvalue weighted by atomic mass is 9.80. The van der Waals surface area contributed by atoms with E-state index >= 15 is 4.39 Å². The number of likely N-dealkylation sites (tertiary alicyclic amines) is 1. The van der Waals surface area contributed by atoms with E-state index in [1.54, 1.807) is 0 Å². The Hall–Kier alpha value is -4.53. The van der Waals surface area contributed by atoms with Gasteiger partial charge >= 0.3 is 12.1 Å². The van der Waals surface area contributed by atoms with Gasteiger partial charge in [-0.2, -0.15) is 18.3 Å². The number of sulfonamides is 1. The topological polar surface area (TPSA) is 182 Å². The van der Waals surface area contributed by atoms with E-state index in [0.717, 1.165) is 32.0 Å². The van der Waals surface area contributed by atoms with Gasteiger partial charge in [-0.1, -0.05) is 0 Å². The number of amides is 3. The molecule has 4 heterocycles. The van der Waals surface area contributed by atoms with E-state index in [2.05, 4.69) is 19.8 Å².